The Morgan fingerprint density at radius 1 is 1.33 bits per heavy atom. The van der Waals surface area contributed by atoms with Gasteiger partial charge in [0.25, 0.3) is 0 Å². The molecule has 18 heavy (non-hydrogen) atoms. The monoisotopic (exact) mass is 257 g/mol. The average molecular weight is 257 g/mol. The van der Waals surface area contributed by atoms with Gasteiger partial charge >= 0.3 is 0 Å². The molecule has 0 aliphatic carbocycles. The molecule has 0 radical (unpaired) electrons. The van der Waals surface area contributed by atoms with E-state index < -0.39 is 0 Å². The number of nitrogens with two attached hydrogens (primary N) is 1. The van der Waals surface area contributed by atoms with Gasteiger partial charge in [0.05, 0.1) is 6.61 Å². The Kier molecular flexibility index (Phi) is 6.57. The smallest absolute Gasteiger partial charge is 0.0590 e. The third-order valence-electron chi connectivity index (χ3n) is 4.29. The number of hydrogen-bond acceptors (Lipinski definition) is 4. The summed E-state index contributed by atoms with van der Waals surface area (Å²) in [5.74, 6) is 0. The van der Waals surface area contributed by atoms with Gasteiger partial charge in [0, 0.05) is 31.8 Å². The molecule has 1 atom stereocenters. The fourth-order valence-corrected chi connectivity index (χ4v) is 3.16. The molecule has 1 saturated heterocycles. The molecule has 0 aromatic heterocycles. The number of ether oxygens (including phenoxy) is 1. The molecule has 1 fully saturated rings. The van der Waals surface area contributed by atoms with Gasteiger partial charge in [-0.2, -0.15) is 0 Å². The lowest BCUT2D eigenvalue weighted by Gasteiger charge is -2.45. The van der Waals surface area contributed by atoms with Crippen molar-refractivity contribution >= 4 is 0 Å². The van der Waals surface area contributed by atoms with Crippen LogP contribution in [0.1, 0.15) is 33.1 Å². The first-order valence-corrected chi connectivity index (χ1v) is 7.20. The third kappa shape index (κ3) is 3.92. The van der Waals surface area contributed by atoms with E-state index >= 15 is 0 Å². The van der Waals surface area contributed by atoms with Crippen LogP contribution in [0.25, 0.3) is 0 Å². The summed E-state index contributed by atoms with van der Waals surface area (Å²) in [5, 5.41) is 0. The Labute approximate surface area is 112 Å². The second-order valence-corrected chi connectivity index (χ2v) is 5.87. The lowest BCUT2D eigenvalue weighted by molar-refractivity contribution is 0.0246. The van der Waals surface area contributed by atoms with Gasteiger partial charge in [-0.1, -0.05) is 0 Å². The lowest BCUT2D eigenvalue weighted by Crippen LogP contribution is -2.57. The first-order valence-electron chi connectivity index (χ1n) is 7.20. The summed E-state index contributed by atoms with van der Waals surface area (Å²) in [6.45, 7) is 9.39. The van der Waals surface area contributed by atoms with Gasteiger partial charge in [-0.05, 0) is 53.2 Å². The largest absolute Gasteiger partial charge is 0.383 e. The van der Waals surface area contributed by atoms with E-state index in [-0.39, 0.29) is 5.54 Å². The zero-order chi connectivity index (χ0) is 13.6. The van der Waals surface area contributed by atoms with E-state index in [1.165, 1.54) is 25.8 Å². The molecule has 1 aliphatic heterocycles. The standard InChI is InChI=1S/C14H31N3O/c1-13(2)17(10-11-18-4)14(12-15)6-5-8-16(3)9-7-14/h13H,5-12,15H2,1-4H3. The SMILES string of the molecule is COCCN(C(C)C)C1(CN)CCCN(C)CC1. The van der Waals surface area contributed by atoms with Gasteiger partial charge < -0.3 is 15.4 Å². The van der Waals surface area contributed by atoms with Crippen LogP contribution in [-0.4, -0.2) is 68.3 Å². The zero-order valence-electron chi connectivity index (χ0n) is 12.6. The van der Waals surface area contributed by atoms with Crippen LogP contribution in [0, 0.1) is 0 Å². The van der Waals surface area contributed by atoms with Crippen LogP contribution in [0.2, 0.25) is 0 Å². The van der Waals surface area contributed by atoms with Crippen LogP contribution in [0.4, 0.5) is 0 Å². The predicted octanol–water partition coefficient (Wildman–Crippen LogP) is 1.16. The van der Waals surface area contributed by atoms with Crippen LogP contribution < -0.4 is 5.73 Å². The van der Waals surface area contributed by atoms with Crippen molar-refractivity contribution in [2.24, 2.45) is 5.73 Å². The average Bonchev–Trinajstić information content (AvgIpc) is 2.53. The Morgan fingerprint density at radius 2 is 2.06 bits per heavy atom. The van der Waals surface area contributed by atoms with Crippen molar-refractivity contribution in [2.45, 2.75) is 44.7 Å². The molecule has 0 spiro atoms. The second kappa shape index (κ2) is 7.43. The highest BCUT2D eigenvalue weighted by Crippen LogP contribution is 2.29. The highest BCUT2D eigenvalue weighted by molar-refractivity contribution is 4.95. The van der Waals surface area contributed by atoms with E-state index in [2.05, 4.69) is 30.7 Å². The first kappa shape index (κ1) is 15.9. The fraction of sp³-hybridized carbons (Fsp3) is 1.00. The molecule has 0 amide bonds. The molecular weight excluding hydrogens is 226 g/mol. The van der Waals surface area contributed by atoms with E-state index in [0.717, 1.165) is 26.2 Å². The van der Waals surface area contributed by atoms with Gasteiger partial charge in [0.1, 0.15) is 0 Å². The Bertz CT molecular complexity index is 235. The van der Waals surface area contributed by atoms with Crippen molar-refractivity contribution in [2.75, 3.05) is 46.9 Å². The Hall–Kier alpha value is -0.160. The van der Waals surface area contributed by atoms with Crippen molar-refractivity contribution < 1.29 is 4.74 Å². The van der Waals surface area contributed by atoms with Crippen LogP contribution in [0.5, 0.6) is 0 Å². The van der Waals surface area contributed by atoms with Crippen LogP contribution in [-0.2, 0) is 4.74 Å². The van der Waals surface area contributed by atoms with Gasteiger partial charge in [0.15, 0.2) is 0 Å². The summed E-state index contributed by atoms with van der Waals surface area (Å²) in [5.41, 5.74) is 6.33. The van der Waals surface area contributed by atoms with E-state index in [1.54, 1.807) is 7.11 Å². The fourth-order valence-electron chi connectivity index (χ4n) is 3.16. The first-order chi connectivity index (χ1) is 8.55. The number of methoxy groups -OCH3 is 1. The third-order valence-corrected chi connectivity index (χ3v) is 4.29. The molecule has 4 heteroatoms. The molecule has 1 rings (SSSR count). The minimum Gasteiger partial charge on any atom is -0.383 e. The van der Waals surface area contributed by atoms with Crippen LogP contribution in [0.3, 0.4) is 0 Å². The Morgan fingerprint density at radius 3 is 2.61 bits per heavy atom. The summed E-state index contributed by atoms with van der Waals surface area (Å²) in [4.78, 5) is 4.99. The number of hydrogen-bond donors (Lipinski definition) is 1. The van der Waals surface area contributed by atoms with Crippen molar-refractivity contribution in [3.63, 3.8) is 0 Å². The predicted molar refractivity (Wildman–Crippen MR) is 76.9 cm³/mol. The molecule has 0 bridgehead atoms. The molecule has 1 aliphatic rings. The molecule has 0 aromatic carbocycles. The molecular formula is C14H31N3O. The van der Waals surface area contributed by atoms with Gasteiger partial charge in [-0.25, -0.2) is 0 Å². The Balaban J connectivity index is 2.80. The van der Waals surface area contributed by atoms with Crippen molar-refractivity contribution in [1.29, 1.82) is 0 Å². The highest BCUT2D eigenvalue weighted by atomic mass is 16.5. The lowest BCUT2D eigenvalue weighted by atomic mass is 9.87. The number of rotatable bonds is 6. The maximum absolute atomic E-state index is 6.16. The molecule has 0 aromatic rings. The molecule has 4 nitrogen and oxygen atoms in total. The summed E-state index contributed by atoms with van der Waals surface area (Å²) >= 11 is 0. The summed E-state index contributed by atoms with van der Waals surface area (Å²) in [6, 6.07) is 0.520. The van der Waals surface area contributed by atoms with Crippen LogP contribution in [0.15, 0.2) is 0 Å². The maximum atomic E-state index is 6.16. The zero-order valence-corrected chi connectivity index (χ0v) is 12.6. The van der Waals surface area contributed by atoms with Crippen LogP contribution >= 0.6 is 0 Å². The summed E-state index contributed by atoms with van der Waals surface area (Å²) < 4.78 is 5.26. The molecule has 0 saturated carbocycles. The van der Waals surface area contributed by atoms with E-state index in [9.17, 15) is 0 Å². The van der Waals surface area contributed by atoms with Gasteiger partial charge in [0.2, 0.25) is 0 Å². The highest BCUT2D eigenvalue weighted by Gasteiger charge is 2.37. The normalized spacial score (nSPS) is 26.8. The van der Waals surface area contributed by atoms with E-state index in [0.29, 0.717) is 6.04 Å². The maximum Gasteiger partial charge on any atom is 0.0590 e. The van der Waals surface area contributed by atoms with Gasteiger partial charge in [-0.3, -0.25) is 4.90 Å². The molecule has 1 unspecified atom stereocenters. The second-order valence-electron chi connectivity index (χ2n) is 5.87. The van der Waals surface area contributed by atoms with Crippen molar-refractivity contribution in [1.82, 2.24) is 9.80 Å². The molecule has 1 heterocycles. The minimum atomic E-state index is 0.164. The summed E-state index contributed by atoms with van der Waals surface area (Å²) in [7, 11) is 3.98. The van der Waals surface area contributed by atoms with Gasteiger partial charge in [-0.15, -0.1) is 0 Å². The molecule has 2 N–H and O–H groups in total. The van der Waals surface area contributed by atoms with E-state index in [1.807, 2.05) is 0 Å². The van der Waals surface area contributed by atoms with Crippen molar-refractivity contribution in [3.05, 3.63) is 0 Å². The van der Waals surface area contributed by atoms with Crippen molar-refractivity contribution in [3.8, 4) is 0 Å². The quantitative estimate of drug-likeness (QED) is 0.775. The number of likely N-dealkylation sites (tertiary alicyclic amines) is 1. The topological polar surface area (TPSA) is 41.7 Å². The minimum absolute atomic E-state index is 0.164. The number of nitrogens with zero attached hydrogens (tertiary/aromatic N) is 2. The van der Waals surface area contributed by atoms with E-state index in [4.69, 9.17) is 10.5 Å². The summed E-state index contributed by atoms with van der Waals surface area (Å²) in [6.07, 6.45) is 3.61. The molecule has 108 valence electrons.